The molecule has 54 heavy (non-hydrogen) atoms. The third kappa shape index (κ3) is 6.81. The molecule has 0 saturated carbocycles. The third-order valence-corrected chi connectivity index (χ3v) is 9.78. The molecule has 0 amide bonds. The van der Waals surface area contributed by atoms with Gasteiger partial charge in [0.05, 0.1) is 14.2 Å². The van der Waals surface area contributed by atoms with Gasteiger partial charge in [-0.3, -0.25) is 0 Å². The van der Waals surface area contributed by atoms with Crippen molar-refractivity contribution in [2.24, 2.45) is 0 Å². The summed E-state index contributed by atoms with van der Waals surface area (Å²) in [6.07, 6.45) is 0. The molecular formula is C48H42O6. The smallest absolute Gasteiger partial charge is 0.147 e. The molecule has 0 unspecified atom stereocenters. The summed E-state index contributed by atoms with van der Waals surface area (Å²) in [6.45, 7) is 4.19. The van der Waals surface area contributed by atoms with Crippen molar-refractivity contribution >= 4 is 0 Å². The quantitative estimate of drug-likeness (QED) is 0.189. The zero-order valence-corrected chi connectivity index (χ0v) is 30.7. The molecule has 7 aromatic carbocycles. The summed E-state index contributed by atoms with van der Waals surface area (Å²) in [5.74, 6) is 4.19. The summed E-state index contributed by atoms with van der Waals surface area (Å²) in [7, 11) is 3.26. The minimum absolute atomic E-state index is 0.671. The molecule has 0 spiro atoms. The number of hydrogen-bond acceptors (Lipinski definition) is 6. The van der Waals surface area contributed by atoms with E-state index in [1.54, 1.807) is 14.2 Å². The monoisotopic (exact) mass is 714 g/mol. The molecule has 0 radical (unpaired) electrons. The Morgan fingerprint density at radius 2 is 0.630 bits per heavy atom. The molecule has 0 bridgehead atoms. The molecule has 0 aliphatic carbocycles. The van der Waals surface area contributed by atoms with Crippen molar-refractivity contribution in [2.45, 2.75) is 25.0 Å². The number of rotatable bonds is 4. The van der Waals surface area contributed by atoms with Gasteiger partial charge in [0.2, 0.25) is 0 Å². The standard InChI is InChI=1S/2C20H16O3.C8H10/c2*1-22-15-12-10-14(11-13-15)20(21)16-6-2-4-8-18(16)23-19-9-5-3-7-17(19)20;1-7-3-5-8(2)6-4-7/h2*2-13,21H,1H3;3-6H,1-2H3. The Morgan fingerprint density at radius 3 is 0.889 bits per heavy atom. The van der Waals surface area contributed by atoms with Gasteiger partial charge in [0, 0.05) is 22.3 Å². The van der Waals surface area contributed by atoms with Crippen LogP contribution in [0.5, 0.6) is 34.5 Å². The van der Waals surface area contributed by atoms with E-state index >= 15 is 0 Å². The van der Waals surface area contributed by atoms with Gasteiger partial charge in [-0.15, -0.1) is 0 Å². The highest BCUT2D eigenvalue weighted by Gasteiger charge is 2.43. The molecule has 0 atom stereocenters. The fourth-order valence-corrected chi connectivity index (χ4v) is 6.87. The highest BCUT2D eigenvalue weighted by atomic mass is 16.5. The highest BCUT2D eigenvalue weighted by Crippen LogP contribution is 2.51. The van der Waals surface area contributed by atoms with Crippen LogP contribution in [-0.4, -0.2) is 24.4 Å². The largest absolute Gasteiger partial charge is 0.497 e. The van der Waals surface area contributed by atoms with E-state index in [-0.39, 0.29) is 0 Å². The van der Waals surface area contributed by atoms with Crippen LogP contribution in [0.15, 0.2) is 170 Å². The topological polar surface area (TPSA) is 77.4 Å². The molecule has 9 rings (SSSR count). The first-order chi connectivity index (χ1) is 26.2. The first-order valence-corrected chi connectivity index (χ1v) is 17.8. The van der Waals surface area contributed by atoms with Gasteiger partial charge in [-0.1, -0.05) is 132 Å². The molecule has 2 aliphatic rings. The summed E-state index contributed by atoms with van der Waals surface area (Å²) in [5.41, 5.74) is 4.67. The molecule has 0 aromatic heterocycles. The Bertz CT molecular complexity index is 2090. The second kappa shape index (κ2) is 15.3. The molecule has 0 fully saturated rings. The van der Waals surface area contributed by atoms with Crippen LogP contribution in [-0.2, 0) is 11.2 Å². The van der Waals surface area contributed by atoms with E-state index in [4.69, 9.17) is 18.9 Å². The van der Waals surface area contributed by atoms with Gasteiger partial charge in [0.1, 0.15) is 45.7 Å². The van der Waals surface area contributed by atoms with Gasteiger partial charge in [0.15, 0.2) is 0 Å². The summed E-state index contributed by atoms with van der Waals surface area (Å²) in [6, 6.07) is 53.8. The average Bonchev–Trinajstić information content (AvgIpc) is 3.23. The maximum absolute atomic E-state index is 11.7. The Morgan fingerprint density at radius 1 is 0.370 bits per heavy atom. The molecule has 270 valence electrons. The average molecular weight is 715 g/mol. The van der Waals surface area contributed by atoms with Crippen molar-refractivity contribution in [3.63, 3.8) is 0 Å². The van der Waals surface area contributed by atoms with Crippen molar-refractivity contribution in [3.05, 3.63) is 214 Å². The van der Waals surface area contributed by atoms with E-state index in [1.165, 1.54) is 11.1 Å². The minimum Gasteiger partial charge on any atom is -0.497 e. The van der Waals surface area contributed by atoms with E-state index in [9.17, 15) is 10.2 Å². The van der Waals surface area contributed by atoms with Crippen molar-refractivity contribution in [2.75, 3.05) is 14.2 Å². The van der Waals surface area contributed by atoms with E-state index in [2.05, 4.69) is 38.1 Å². The lowest BCUT2D eigenvalue weighted by Crippen LogP contribution is -2.32. The Hall–Kier alpha value is -6.34. The lowest BCUT2D eigenvalue weighted by molar-refractivity contribution is 0.112. The molecule has 2 heterocycles. The van der Waals surface area contributed by atoms with Gasteiger partial charge in [-0.25, -0.2) is 0 Å². The van der Waals surface area contributed by atoms with Gasteiger partial charge in [0.25, 0.3) is 0 Å². The number of ether oxygens (including phenoxy) is 4. The zero-order chi connectivity index (χ0) is 37.7. The number of benzene rings is 7. The fourth-order valence-electron chi connectivity index (χ4n) is 6.87. The van der Waals surface area contributed by atoms with Crippen LogP contribution in [0.3, 0.4) is 0 Å². The fraction of sp³-hybridized carbons (Fsp3) is 0.125. The highest BCUT2D eigenvalue weighted by molar-refractivity contribution is 5.62. The van der Waals surface area contributed by atoms with Gasteiger partial charge in [-0.05, 0) is 73.5 Å². The van der Waals surface area contributed by atoms with Crippen LogP contribution in [0.25, 0.3) is 0 Å². The predicted octanol–water partition coefficient (Wildman–Crippen LogP) is 10.5. The lowest BCUT2D eigenvalue weighted by Gasteiger charge is -2.36. The second-order valence-corrected chi connectivity index (χ2v) is 13.2. The van der Waals surface area contributed by atoms with Gasteiger partial charge < -0.3 is 29.2 Å². The number of aliphatic hydroxyl groups is 2. The molecule has 6 heteroatoms. The normalized spacial score (nSPS) is 13.6. The lowest BCUT2D eigenvalue weighted by atomic mass is 9.78. The summed E-state index contributed by atoms with van der Waals surface area (Å²) < 4.78 is 22.4. The number of methoxy groups -OCH3 is 2. The van der Waals surface area contributed by atoms with Gasteiger partial charge >= 0.3 is 0 Å². The van der Waals surface area contributed by atoms with Crippen molar-refractivity contribution in [1.29, 1.82) is 0 Å². The number of hydrogen-bond donors (Lipinski definition) is 2. The van der Waals surface area contributed by atoms with Crippen LogP contribution in [0.1, 0.15) is 44.5 Å². The van der Waals surface area contributed by atoms with Gasteiger partial charge in [-0.2, -0.15) is 0 Å². The Balaban J connectivity index is 0.000000139. The molecule has 7 aromatic rings. The summed E-state index contributed by atoms with van der Waals surface area (Å²) >= 11 is 0. The Labute approximate surface area is 316 Å². The second-order valence-electron chi connectivity index (χ2n) is 13.2. The zero-order valence-electron chi connectivity index (χ0n) is 30.7. The van der Waals surface area contributed by atoms with Crippen LogP contribution < -0.4 is 18.9 Å². The van der Waals surface area contributed by atoms with E-state index in [0.29, 0.717) is 23.0 Å². The molecular weight excluding hydrogens is 673 g/mol. The number of aryl methyl sites for hydroxylation is 2. The Kier molecular flexibility index (Phi) is 10.2. The summed E-state index contributed by atoms with van der Waals surface area (Å²) in [4.78, 5) is 0. The molecule has 2 aliphatic heterocycles. The van der Waals surface area contributed by atoms with Crippen LogP contribution in [0.2, 0.25) is 0 Å². The molecule has 0 saturated heterocycles. The minimum atomic E-state index is -1.25. The SMILES string of the molecule is COc1ccc(C2(O)c3ccccc3Oc3ccccc32)cc1.COc1ccc(C2(O)c3ccccc3Oc3ccccc32)cc1.Cc1ccc(C)cc1. The third-order valence-electron chi connectivity index (χ3n) is 9.78. The van der Waals surface area contributed by atoms with Crippen LogP contribution >= 0.6 is 0 Å². The maximum atomic E-state index is 11.7. The van der Waals surface area contributed by atoms with Crippen LogP contribution in [0.4, 0.5) is 0 Å². The van der Waals surface area contributed by atoms with Crippen molar-refractivity contribution in [3.8, 4) is 34.5 Å². The van der Waals surface area contributed by atoms with Crippen LogP contribution in [0, 0.1) is 13.8 Å². The predicted molar refractivity (Wildman–Crippen MR) is 212 cm³/mol. The van der Waals surface area contributed by atoms with Crippen molar-refractivity contribution < 1.29 is 29.2 Å². The number of fused-ring (bicyclic) bond motifs is 4. The number of para-hydroxylation sites is 4. The molecule has 2 N–H and O–H groups in total. The van der Waals surface area contributed by atoms with E-state index < -0.39 is 11.2 Å². The van der Waals surface area contributed by atoms with Crippen molar-refractivity contribution in [1.82, 2.24) is 0 Å². The summed E-state index contributed by atoms with van der Waals surface area (Å²) in [5, 5.41) is 23.4. The van der Waals surface area contributed by atoms with E-state index in [1.807, 2.05) is 146 Å². The first kappa shape index (κ1) is 36.0. The maximum Gasteiger partial charge on any atom is 0.147 e. The first-order valence-electron chi connectivity index (χ1n) is 17.8. The molecule has 6 nitrogen and oxygen atoms in total. The van der Waals surface area contributed by atoms with E-state index in [0.717, 1.165) is 44.9 Å².